The largest absolute Gasteiger partial charge is 0.486 e. The standard InChI is InChI=1S/C21H18N2O2S/c1-2-15-8-10-17(11-9-15)25-13-20(24)18(12-22)21-23-19(14-26-21)16-6-4-3-5-7-16/h3-11,14,18H,2,13H2,1H3. The van der Waals surface area contributed by atoms with Crippen LogP contribution >= 0.6 is 11.3 Å². The van der Waals surface area contributed by atoms with Crippen molar-refractivity contribution in [2.45, 2.75) is 19.3 Å². The summed E-state index contributed by atoms with van der Waals surface area (Å²) in [6.07, 6.45) is 0.948. The molecular weight excluding hydrogens is 344 g/mol. The van der Waals surface area contributed by atoms with Crippen LogP contribution in [0.25, 0.3) is 11.3 Å². The lowest BCUT2D eigenvalue weighted by Gasteiger charge is -2.08. The van der Waals surface area contributed by atoms with Crippen molar-refractivity contribution in [3.63, 3.8) is 0 Å². The summed E-state index contributed by atoms with van der Waals surface area (Å²) in [5, 5.41) is 11.8. The molecule has 2 aromatic carbocycles. The van der Waals surface area contributed by atoms with Crippen LogP contribution in [0.4, 0.5) is 0 Å². The predicted octanol–water partition coefficient (Wildman–Crippen LogP) is 4.63. The predicted molar refractivity (Wildman–Crippen MR) is 102 cm³/mol. The molecular formula is C21H18N2O2S. The highest BCUT2D eigenvalue weighted by Gasteiger charge is 2.24. The second-order valence-corrected chi connectivity index (χ2v) is 6.64. The number of nitrogens with zero attached hydrogens (tertiary/aromatic N) is 2. The Labute approximate surface area is 156 Å². The molecule has 0 aliphatic heterocycles. The molecule has 0 bridgehead atoms. The second kappa shape index (κ2) is 8.41. The van der Waals surface area contributed by atoms with E-state index in [-0.39, 0.29) is 12.4 Å². The van der Waals surface area contributed by atoms with Gasteiger partial charge in [0.2, 0.25) is 0 Å². The molecule has 1 aromatic heterocycles. The SMILES string of the molecule is CCc1ccc(OCC(=O)C(C#N)c2nc(-c3ccccc3)cs2)cc1. The van der Waals surface area contributed by atoms with Crippen molar-refractivity contribution in [2.24, 2.45) is 0 Å². The summed E-state index contributed by atoms with van der Waals surface area (Å²) >= 11 is 1.32. The number of aryl methyl sites for hydroxylation is 1. The summed E-state index contributed by atoms with van der Waals surface area (Å²) in [6.45, 7) is 1.93. The Bertz CT molecular complexity index is 911. The van der Waals surface area contributed by atoms with E-state index in [0.717, 1.165) is 17.7 Å². The molecule has 4 nitrogen and oxygen atoms in total. The third-order valence-electron chi connectivity index (χ3n) is 4.00. The van der Waals surface area contributed by atoms with Gasteiger partial charge in [-0.2, -0.15) is 5.26 Å². The van der Waals surface area contributed by atoms with Crippen LogP contribution in [0.15, 0.2) is 60.0 Å². The Hall–Kier alpha value is -2.97. The lowest BCUT2D eigenvalue weighted by molar-refractivity contribution is -0.121. The third kappa shape index (κ3) is 4.16. The number of carbonyl (C=O) groups is 1. The van der Waals surface area contributed by atoms with Crippen molar-refractivity contribution in [1.29, 1.82) is 5.26 Å². The number of ether oxygens (including phenoxy) is 1. The molecule has 0 aliphatic carbocycles. The first kappa shape index (κ1) is 17.8. The zero-order chi connectivity index (χ0) is 18.4. The van der Waals surface area contributed by atoms with Crippen LogP contribution in [0.1, 0.15) is 23.4 Å². The summed E-state index contributed by atoms with van der Waals surface area (Å²) in [4.78, 5) is 16.9. The first-order valence-corrected chi connectivity index (χ1v) is 9.24. The van der Waals surface area contributed by atoms with Gasteiger partial charge in [-0.05, 0) is 24.1 Å². The maximum absolute atomic E-state index is 12.4. The number of hydrogen-bond donors (Lipinski definition) is 0. The zero-order valence-electron chi connectivity index (χ0n) is 14.4. The van der Waals surface area contributed by atoms with E-state index in [4.69, 9.17) is 4.74 Å². The van der Waals surface area contributed by atoms with Crippen LogP contribution in [-0.4, -0.2) is 17.4 Å². The Balaban J connectivity index is 1.67. The van der Waals surface area contributed by atoms with Gasteiger partial charge in [0.05, 0.1) is 11.8 Å². The maximum Gasteiger partial charge on any atom is 0.194 e. The minimum Gasteiger partial charge on any atom is -0.486 e. The van der Waals surface area contributed by atoms with Crippen LogP contribution in [0.3, 0.4) is 0 Å². The third-order valence-corrected chi connectivity index (χ3v) is 4.91. The van der Waals surface area contributed by atoms with Gasteiger partial charge in [-0.15, -0.1) is 11.3 Å². The number of rotatable bonds is 7. The number of Topliss-reactive ketones (excluding diaryl/α,β-unsaturated/α-hetero) is 1. The van der Waals surface area contributed by atoms with Gasteiger partial charge < -0.3 is 4.74 Å². The summed E-state index contributed by atoms with van der Waals surface area (Å²) in [6, 6.07) is 19.4. The van der Waals surface area contributed by atoms with Crippen LogP contribution in [-0.2, 0) is 11.2 Å². The van der Waals surface area contributed by atoms with Crippen molar-refractivity contribution < 1.29 is 9.53 Å². The number of ketones is 1. The summed E-state index contributed by atoms with van der Waals surface area (Å²) < 4.78 is 5.54. The van der Waals surface area contributed by atoms with Gasteiger partial charge in [0.15, 0.2) is 11.7 Å². The van der Waals surface area contributed by atoms with E-state index >= 15 is 0 Å². The van der Waals surface area contributed by atoms with Gasteiger partial charge in [0.1, 0.15) is 17.4 Å². The van der Waals surface area contributed by atoms with Crippen LogP contribution in [0.2, 0.25) is 0 Å². The normalized spacial score (nSPS) is 11.5. The van der Waals surface area contributed by atoms with Crippen molar-refractivity contribution in [2.75, 3.05) is 6.61 Å². The zero-order valence-corrected chi connectivity index (χ0v) is 15.2. The van der Waals surface area contributed by atoms with Crippen LogP contribution < -0.4 is 4.74 Å². The molecule has 3 rings (SSSR count). The van der Waals surface area contributed by atoms with E-state index in [0.29, 0.717) is 10.8 Å². The van der Waals surface area contributed by atoms with E-state index in [2.05, 4.69) is 18.0 Å². The van der Waals surface area contributed by atoms with Gasteiger partial charge in [-0.25, -0.2) is 4.98 Å². The highest BCUT2D eigenvalue weighted by atomic mass is 32.1. The Morgan fingerprint density at radius 2 is 1.92 bits per heavy atom. The second-order valence-electron chi connectivity index (χ2n) is 5.75. The molecule has 0 amide bonds. The molecule has 1 unspecified atom stereocenters. The topological polar surface area (TPSA) is 63.0 Å². The highest BCUT2D eigenvalue weighted by Crippen LogP contribution is 2.27. The monoisotopic (exact) mass is 362 g/mol. The van der Waals surface area contributed by atoms with E-state index in [1.54, 1.807) is 0 Å². The molecule has 26 heavy (non-hydrogen) atoms. The average Bonchev–Trinajstić information content (AvgIpc) is 3.18. The number of nitriles is 1. The average molecular weight is 362 g/mol. The number of hydrogen-bond acceptors (Lipinski definition) is 5. The Kier molecular flexibility index (Phi) is 5.77. The molecule has 0 spiro atoms. The fraction of sp³-hybridized carbons (Fsp3) is 0.190. The first-order chi connectivity index (χ1) is 12.7. The van der Waals surface area contributed by atoms with Gasteiger partial charge in [-0.1, -0.05) is 49.4 Å². The van der Waals surface area contributed by atoms with Crippen molar-refractivity contribution in [3.05, 3.63) is 70.5 Å². The quantitative estimate of drug-likeness (QED) is 0.615. The molecule has 0 N–H and O–H groups in total. The molecule has 5 heteroatoms. The molecule has 130 valence electrons. The molecule has 3 aromatic rings. The number of carbonyl (C=O) groups excluding carboxylic acids is 1. The van der Waals surface area contributed by atoms with E-state index in [9.17, 15) is 10.1 Å². The maximum atomic E-state index is 12.4. The number of thiazole rings is 1. The Morgan fingerprint density at radius 1 is 1.19 bits per heavy atom. The smallest absolute Gasteiger partial charge is 0.194 e. The summed E-state index contributed by atoms with van der Waals surface area (Å²) in [5.41, 5.74) is 2.94. The van der Waals surface area contributed by atoms with Gasteiger partial charge in [0, 0.05) is 10.9 Å². The molecule has 0 fully saturated rings. The van der Waals surface area contributed by atoms with Crippen LogP contribution in [0, 0.1) is 11.3 Å². The van der Waals surface area contributed by atoms with Gasteiger partial charge >= 0.3 is 0 Å². The van der Waals surface area contributed by atoms with Crippen molar-refractivity contribution in [1.82, 2.24) is 4.98 Å². The highest BCUT2D eigenvalue weighted by molar-refractivity contribution is 7.10. The lowest BCUT2D eigenvalue weighted by atomic mass is 10.1. The van der Waals surface area contributed by atoms with Crippen molar-refractivity contribution >= 4 is 17.1 Å². The lowest BCUT2D eigenvalue weighted by Crippen LogP contribution is -2.19. The molecule has 0 radical (unpaired) electrons. The number of benzene rings is 2. The molecule has 0 aliphatic rings. The minimum atomic E-state index is -0.910. The summed E-state index contributed by atoms with van der Waals surface area (Å²) in [5.74, 6) is -0.579. The fourth-order valence-corrected chi connectivity index (χ4v) is 3.38. The molecule has 0 saturated heterocycles. The van der Waals surface area contributed by atoms with Crippen LogP contribution in [0.5, 0.6) is 5.75 Å². The van der Waals surface area contributed by atoms with E-state index < -0.39 is 5.92 Å². The fourth-order valence-electron chi connectivity index (χ4n) is 2.49. The summed E-state index contributed by atoms with van der Waals surface area (Å²) in [7, 11) is 0. The van der Waals surface area contributed by atoms with Gasteiger partial charge in [0.25, 0.3) is 0 Å². The van der Waals surface area contributed by atoms with E-state index in [1.165, 1.54) is 16.9 Å². The minimum absolute atomic E-state index is 0.149. The molecule has 0 saturated carbocycles. The van der Waals surface area contributed by atoms with E-state index in [1.807, 2.05) is 60.0 Å². The van der Waals surface area contributed by atoms with Gasteiger partial charge in [-0.3, -0.25) is 4.79 Å². The molecule has 1 heterocycles. The first-order valence-electron chi connectivity index (χ1n) is 8.36. The molecule has 1 atom stereocenters. The van der Waals surface area contributed by atoms with Crippen molar-refractivity contribution in [3.8, 4) is 23.1 Å². The number of aromatic nitrogens is 1. The Morgan fingerprint density at radius 3 is 2.58 bits per heavy atom.